The van der Waals surface area contributed by atoms with E-state index < -0.39 is 13.7 Å². The van der Waals surface area contributed by atoms with Gasteiger partial charge in [-0.2, -0.15) is 5.10 Å². The fourth-order valence-corrected chi connectivity index (χ4v) is 3.33. The molecular formula is C19H33N3O3Si. The number of ether oxygens (including phenoxy) is 2. The lowest BCUT2D eigenvalue weighted by Crippen LogP contribution is -2.39. The molecule has 0 radical (unpaired) electrons. The number of carbonyl (C=O) groups excluding carboxylic acids is 1. The summed E-state index contributed by atoms with van der Waals surface area (Å²) < 4.78 is 13.0. The Morgan fingerprint density at radius 1 is 1.31 bits per heavy atom. The lowest BCUT2D eigenvalue weighted by molar-refractivity contribution is 0.0273. The second kappa shape index (κ2) is 8.39. The Bertz CT molecular complexity index is 641. The Labute approximate surface area is 158 Å². The summed E-state index contributed by atoms with van der Waals surface area (Å²) >= 11 is 0. The summed E-state index contributed by atoms with van der Waals surface area (Å²) in [4.78, 5) is 14.0. The molecular weight excluding hydrogens is 346 g/mol. The van der Waals surface area contributed by atoms with Gasteiger partial charge in [-0.1, -0.05) is 25.7 Å². The fraction of sp³-hybridized carbons (Fsp3) is 0.684. The maximum atomic E-state index is 12.3. The number of rotatable bonds is 6. The van der Waals surface area contributed by atoms with Gasteiger partial charge in [-0.15, -0.1) is 0 Å². The lowest BCUT2D eigenvalue weighted by Gasteiger charge is -2.30. The van der Waals surface area contributed by atoms with E-state index in [9.17, 15) is 4.79 Å². The van der Waals surface area contributed by atoms with Crippen LogP contribution in [0.5, 0.6) is 0 Å². The predicted molar refractivity (Wildman–Crippen MR) is 107 cm³/mol. The molecule has 7 heteroatoms. The van der Waals surface area contributed by atoms with Crippen LogP contribution in [0, 0.1) is 0 Å². The Kier molecular flexibility index (Phi) is 6.68. The summed E-state index contributed by atoms with van der Waals surface area (Å²) in [5.74, 6) is 0. The van der Waals surface area contributed by atoms with Gasteiger partial charge in [0.05, 0.1) is 6.20 Å². The number of hydrogen-bond acceptors (Lipinski definition) is 4. The van der Waals surface area contributed by atoms with Crippen molar-refractivity contribution in [1.29, 1.82) is 0 Å². The Morgan fingerprint density at radius 2 is 2.04 bits per heavy atom. The van der Waals surface area contributed by atoms with Gasteiger partial charge in [0.25, 0.3) is 0 Å². The van der Waals surface area contributed by atoms with E-state index in [-0.39, 0.29) is 6.09 Å². The van der Waals surface area contributed by atoms with E-state index in [0.29, 0.717) is 19.8 Å². The van der Waals surface area contributed by atoms with Crippen LogP contribution in [0.4, 0.5) is 4.79 Å². The van der Waals surface area contributed by atoms with Gasteiger partial charge >= 0.3 is 6.09 Å². The second-order valence-electron chi connectivity index (χ2n) is 9.04. The third-order valence-electron chi connectivity index (χ3n) is 4.03. The molecule has 0 spiro atoms. The van der Waals surface area contributed by atoms with Crippen molar-refractivity contribution >= 4 is 19.7 Å². The van der Waals surface area contributed by atoms with Crippen molar-refractivity contribution in [3.05, 3.63) is 24.0 Å². The van der Waals surface area contributed by atoms with Gasteiger partial charge in [0.1, 0.15) is 12.3 Å². The molecule has 1 aromatic rings. The standard InChI is InChI=1S/C19H33N3O3Si/c1-19(2,3)25-18(23)21-9-7-8-16(13-21)17-12-20-22(14-17)15-24-10-11-26(4,5)6/h8,12,14H,7,9-11,13,15H2,1-6H3. The van der Waals surface area contributed by atoms with Crippen molar-refractivity contribution in [2.75, 3.05) is 19.7 Å². The molecule has 0 fully saturated rings. The van der Waals surface area contributed by atoms with Crippen LogP contribution in [0.3, 0.4) is 0 Å². The van der Waals surface area contributed by atoms with Crippen molar-refractivity contribution in [2.24, 2.45) is 0 Å². The normalized spacial score (nSPS) is 15.8. The number of amides is 1. The molecule has 1 aromatic heterocycles. The molecule has 2 rings (SSSR count). The van der Waals surface area contributed by atoms with Gasteiger partial charge < -0.3 is 14.4 Å². The van der Waals surface area contributed by atoms with Gasteiger partial charge in [0.2, 0.25) is 0 Å². The first-order valence-electron chi connectivity index (χ1n) is 9.31. The van der Waals surface area contributed by atoms with Gasteiger partial charge in [-0.3, -0.25) is 0 Å². The summed E-state index contributed by atoms with van der Waals surface area (Å²) in [6, 6.07) is 1.15. The first-order chi connectivity index (χ1) is 12.0. The minimum absolute atomic E-state index is 0.259. The zero-order valence-electron chi connectivity index (χ0n) is 17.0. The third kappa shape index (κ3) is 6.95. The summed E-state index contributed by atoms with van der Waals surface area (Å²) in [7, 11) is -1.07. The van der Waals surface area contributed by atoms with E-state index in [1.165, 1.54) is 0 Å². The van der Waals surface area contributed by atoms with Gasteiger partial charge in [0.15, 0.2) is 0 Å². The van der Waals surface area contributed by atoms with Crippen LogP contribution in [0.25, 0.3) is 5.57 Å². The van der Waals surface area contributed by atoms with Crippen LogP contribution in [0.2, 0.25) is 25.7 Å². The van der Waals surface area contributed by atoms with Gasteiger partial charge in [-0.05, 0) is 38.8 Å². The highest BCUT2D eigenvalue weighted by Crippen LogP contribution is 2.22. The largest absolute Gasteiger partial charge is 0.444 e. The van der Waals surface area contributed by atoms with Crippen molar-refractivity contribution in [1.82, 2.24) is 14.7 Å². The third-order valence-corrected chi connectivity index (χ3v) is 5.73. The summed E-state index contributed by atoms with van der Waals surface area (Å²) in [6.07, 6.45) is 6.57. The van der Waals surface area contributed by atoms with Crippen molar-refractivity contribution in [3.63, 3.8) is 0 Å². The molecule has 0 unspecified atom stereocenters. The predicted octanol–water partition coefficient (Wildman–Crippen LogP) is 4.22. The molecule has 0 bridgehead atoms. The maximum absolute atomic E-state index is 12.3. The quantitative estimate of drug-likeness (QED) is 0.548. The van der Waals surface area contributed by atoms with E-state index in [2.05, 4.69) is 30.8 Å². The maximum Gasteiger partial charge on any atom is 0.410 e. The highest BCUT2D eigenvalue weighted by molar-refractivity contribution is 6.76. The molecule has 1 aliphatic heterocycles. The minimum Gasteiger partial charge on any atom is -0.444 e. The highest BCUT2D eigenvalue weighted by atomic mass is 28.3. The lowest BCUT2D eigenvalue weighted by atomic mass is 10.1. The van der Waals surface area contributed by atoms with Crippen molar-refractivity contribution < 1.29 is 14.3 Å². The van der Waals surface area contributed by atoms with Crippen LogP contribution in [-0.4, -0.2) is 54.1 Å². The first-order valence-corrected chi connectivity index (χ1v) is 13.0. The zero-order chi connectivity index (χ0) is 19.4. The van der Waals surface area contributed by atoms with E-state index >= 15 is 0 Å². The molecule has 1 aliphatic rings. The molecule has 1 amide bonds. The molecule has 0 atom stereocenters. The molecule has 26 heavy (non-hydrogen) atoms. The van der Waals surface area contributed by atoms with Crippen LogP contribution in [0.15, 0.2) is 18.5 Å². The zero-order valence-corrected chi connectivity index (χ0v) is 18.0. The van der Waals surface area contributed by atoms with Gasteiger partial charge in [-0.25, -0.2) is 9.48 Å². The minimum atomic E-state index is -1.07. The van der Waals surface area contributed by atoms with Crippen molar-refractivity contribution in [2.45, 2.75) is 65.2 Å². The smallest absolute Gasteiger partial charge is 0.410 e. The topological polar surface area (TPSA) is 56.6 Å². The SMILES string of the molecule is CC(C)(C)OC(=O)N1CCC=C(c2cnn(COCC[Si](C)(C)C)c2)C1. The summed E-state index contributed by atoms with van der Waals surface area (Å²) in [6.45, 7) is 15.2. The summed E-state index contributed by atoms with van der Waals surface area (Å²) in [5.41, 5.74) is 1.67. The number of carbonyl (C=O) groups is 1. The van der Waals surface area contributed by atoms with Crippen molar-refractivity contribution in [3.8, 4) is 0 Å². The Morgan fingerprint density at radius 3 is 2.69 bits per heavy atom. The molecule has 146 valence electrons. The molecule has 0 saturated heterocycles. The monoisotopic (exact) mass is 379 g/mol. The van der Waals surface area contributed by atoms with E-state index in [0.717, 1.165) is 30.2 Å². The van der Waals surface area contributed by atoms with Crippen LogP contribution < -0.4 is 0 Å². The number of hydrogen-bond donors (Lipinski definition) is 0. The average molecular weight is 380 g/mol. The van der Waals surface area contributed by atoms with Crippen LogP contribution in [0.1, 0.15) is 32.8 Å². The average Bonchev–Trinajstić information content (AvgIpc) is 2.98. The molecule has 6 nitrogen and oxygen atoms in total. The highest BCUT2D eigenvalue weighted by Gasteiger charge is 2.25. The van der Waals surface area contributed by atoms with E-state index in [1.54, 1.807) is 4.90 Å². The second-order valence-corrected chi connectivity index (χ2v) is 14.7. The summed E-state index contributed by atoms with van der Waals surface area (Å²) in [5, 5.41) is 4.38. The molecule has 2 heterocycles. The van der Waals surface area contributed by atoms with Crippen LogP contribution in [-0.2, 0) is 16.2 Å². The van der Waals surface area contributed by atoms with E-state index in [4.69, 9.17) is 9.47 Å². The van der Waals surface area contributed by atoms with Gasteiger partial charge in [0, 0.05) is 39.5 Å². The molecule has 0 aliphatic carbocycles. The molecule has 0 aromatic carbocycles. The fourth-order valence-electron chi connectivity index (χ4n) is 2.57. The Balaban J connectivity index is 1.88. The number of nitrogens with zero attached hydrogens (tertiary/aromatic N) is 3. The molecule has 0 N–H and O–H groups in total. The Hall–Kier alpha value is -1.60. The number of aromatic nitrogens is 2. The first kappa shape index (κ1) is 20.7. The van der Waals surface area contributed by atoms with Crippen LogP contribution >= 0.6 is 0 Å². The molecule has 0 saturated carbocycles. The van der Waals surface area contributed by atoms with E-state index in [1.807, 2.05) is 37.8 Å².